The van der Waals surface area contributed by atoms with Gasteiger partial charge < -0.3 is 0 Å². The second-order valence-corrected chi connectivity index (χ2v) is 16.2. The van der Waals surface area contributed by atoms with Crippen LogP contribution < -0.4 is 0 Å². The summed E-state index contributed by atoms with van der Waals surface area (Å²) in [6.45, 7) is 0. The second kappa shape index (κ2) is 15.7. The second-order valence-electron chi connectivity index (χ2n) is 15.1. The predicted molar refractivity (Wildman–Crippen MR) is 254 cm³/mol. The lowest BCUT2D eigenvalue weighted by Crippen LogP contribution is -1.96. The van der Waals surface area contributed by atoms with Crippen LogP contribution in [0, 0.1) is 0 Å². The van der Waals surface area contributed by atoms with Gasteiger partial charge in [-0.25, -0.2) is 19.9 Å². The summed E-state index contributed by atoms with van der Waals surface area (Å²) in [6, 6.07) is 76.3. The van der Waals surface area contributed by atoms with E-state index < -0.39 is 0 Å². The van der Waals surface area contributed by atoms with Gasteiger partial charge in [0.1, 0.15) is 0 Å². The Morgan fingerprint density at radius 2 is 0.525 bits per heavy atom. The van der Waals surface area contributed by atoms with Gasteiger partial charge in [0.25, 0.3) is 0 Å². The topological polar surface area (TPSA) is 51.6 Å². The number of hydrogen-bond acceptors (Lipinski definition) is 5. The first-order valence-corrected chi connectivity index (χ1v) is 21.2. The zero-order valence-corrected chi connectivity index (χ0v) is 33.8. The van der Waals surface area contributed by atoms with Crippen molar-refractivity contribution in [1.29, 1.82) is 0 Å². The van der Waals surface area contributed by atoms with Crippen molar-refractivity contribution in [3.63, 3.8) is 0 Å². The van der Waals surface area contributed by atoms with Crippen LogP contribution in [0.15, 0.2) is 218 Å². The van der Waals surface area contributed by atoms with E-state index in [2.05, 4.69) is 146 Å². The number of rotatable bonds is 8. The number of benzene rings is 8. The summed E-state index contributed by atoms with van der Waals surface area (Å²) in [6.07, 6.45) is 0. The van der Waals surface area contributed by atoms with Gasteiger partial charge in [-0.15, -0.1) is 11.3 Å². The van der Waals surface area contributed by atoms with Crippen molar-refractivity contribution in [3.8, 4) is 90.1 Å². The number of thiophene rings is 1. The van der Waals surface area contributed by atoms with Gasteiger partial charge in [0, 0.05) is 53.6 Å². The highest BCUT2D eigenvalue weighted by atomic mass is 32.1. The minimum Gasteiger partial charge on any atom is -0.228 e. The van der Waals surface area contributed by atoms with Gasteiger partial charge in [0.15, 0.2) is 11.6 Å². The van der Waals surface area contributed by atoms with E-state index in [0.29, 0.717) is 11.6 Å². The fourth-order valence-corrected chi connectivity index (χ4v) is 9.06. The summed E-state index contributed by atoms with van der Waals surface area (Å²) in [5, 5.41) is 2.47. The van der Waals surface area contributed by atoms with E-state index in [4.69, 9.17) is 19.9 Å². The van der Waals surface area contributed by atoms with Gasteiger partial charge in [0.05, 0.1) is 22.8 Å². The maximum absolute atomic E-state index is 5.10. The van der Waals surface area contributed by atoms with Crippen molar-refractivity contribution in [2.24, 2.45) is 0 Å². The molecule has 8 aromatic carbocycles. The van der Waals surface area contributed by atoms with Crippen molar-refractivity contribution in [2.75, 3.05) is 0 Å². The van der Waals surface area contributed by atoms with E-state index in [9.17, 15) is 0 Å². The molecule has 0 amide bonds. The third-order valence-electron chi connectivity index (χ3n) is 11.1. The lowest BCUT2D eigenvalue weighted by molar-refractivity contribution is 1.18. The Morgan fingerprint density at radius 3 is 0.869 bits per heavy atom. The molecular weight excluding hydrogens is 761 g/mol. The first-order valence-electron chi connectivity index (χ1n) is 20.4. The van der Waals surface area contributed by atoms with Gasteiger partial charge in [-0.3, -0.25) is 0 Å². The fraction of sp³-hybridized carbons (Fsp3) is 0. The summed E-state index contributed by atoms with van der Waals surface area (Å²) in [5.74, 6) is 1.40. The molecule has 0 aliphatic rings. The average Bonchev–Trinajstić information content (AvgIpc) is 3.72. The van der Waals surface area contributed by atoms with Crippen LogP contribution in [0.2, 0.25) is 0 Å². The van der Waals surface area contributed by atoms with Crippen LogP contribution in [-0.4, -0.2) is 19.9 Å². The predicted octanol–water partition coefficient (Wildman–Crippen LogP) is 15.0. The van der Waals surface area contributed by atoms with E-state index in [1.54, 1.807) is 0 Å². The Labute approximate surface area is 358 Å². The summed E-state index contributed by atoms with van der Waals surface area (Å²) in [5.41, 5.74) is 14.3. The third-order valence-corrected chi connectivity index (χ3v) is 12.3. The average molecular weight is 797 g/mol. The zero-order chi connectivity index (χ0) is 40.5. The standard InChI is InChI=1S/C56H36N4S/c1-5-15-37(16-6-1)49-35-50(38-17-7-2-8-18-38)58-55(57-49)45-25-13-23-41(31-45)43-27-29-53-47(33-43)48-34-44(28-30-54(48)61-53)42-24-14-26-46(32-42)56-59-51(39-19-9-3-10-20-39)36-52(60-56)40-21-11-4-12-22-40/h1-36H. The molecule has 0 atom stereocenters. The van der Waals surface area contributed by atoms with Crippen molar-refractivity contribution in [2.45, 2.75) is 0 Å². The summed E-state index contributed by atoms with van der Waals surface area (Å²) in [4.78, 5) is 20.4. The lowest BCUT2D eigenvalue weighted by atomic mass is 9.98. The first-order chi connectivity index (χ1) is 30.2. The maximum Gasteiger partial charge on any atom is 0.160 e. The Kier molecular flexibility index (Phi) is 9.34. The molecule has 61 heavy (non-hydrogen) atoms. The van der Waals surface area contributed by atoms with Crippen LogP contribution in [-0.2, 0) is 0 Å². The molecule has 0 fully saturated rings. The molecule has 0 unspecified atom stereocenters. The highest BCUT2D eigenvalue weighted by Gasteiger charge is 2.15. The molecule has 5 heteroatoms. The Hall–Kier alpha value is -7.86. The number of hydrogen-bond donors (Lipinski definition) is 0. The number of nitrogens with zero attached hydrogens (tertiary/aromatic N) is 4. The molecule has 4 nitrogen and oxygen atoms in total. The minimum absolute atomic E-state index is 0.699. The molecule has 3 aromatic heterocycles. The van der Waals surface area contributed by atoms with Crippen molar-refractivity contribution >= 4 is 31.5 Å². The van der Waals surface area contributed by atoms with E-state index in [1.165, 1.54) is 20.2 Å². The van der Waals surface area contributed by atoms with Crippen LogP contribution in [0.25, 0.3) is 110 Å². The SMILES string of the molecule is c1ccc(-c2cc(-c3ccccc3)nc(-c3cccc(-c4ccc5sc6ccc(-c7cccc(-c8nc(-c9ccccc9)cc(-c9ccccc9)n8)c7)cc6c5c4)c3)n2)cc1. The van der Waals surface area contributed by atoms with E-state index in [-0.39, 0.29) is 0 Å². The van der Waals surface area contributed by atoms with Gasteiger partial charge >= 0.3 is 0 Å². The molecule has 0 saturated carbocycles. The van der Waals surface area contributed by atoms with Crippen molar-refractivity contribution in [3.05, 3.63) is 218 Å². The quantitative estimate of drug-likeness (QED) is 0.154. The lowest BCUT2D eigenvalue weighted by Gasteiger charge is -2.11. The molecule has 0 aliphatic carbocycles. The summed E-state index contributed by atoms with van der Waals surface area (Å²) >= 11 is 1.83. The summed E-state index contributed by atoms with van der Waals surface area (Å²) in [7, 11) is 0. The normalized spacial score (nSPS) is 11.3. The molecule has 3 heterocycles. The zero-order valence-electron chi connectivity index (χ0n) is 33.0. The van der Waals surface area contributed by atoms with E-state index in [1.807, 2.05) is 84.1 Å². The molecule has 0 bridgehead atoms. The molecule has 0 N–H and O–H groups in total. The van der Waals surface area contributed by atoms with E-state index in [0.717, 1.165) is 78.4 Å². The molecule has 11 aromatic rings. The Balaban J connectivity index is 0.962. The molecule has 0 radical (unpaired) electrons. The van der Waals surface area contributed by atoms with Gasteiger partial charge in [-0.2, -0.15) is 0 Å². The molecule has 0 spiro atoms. The molecule has 286 valence electrons. The molecular formula is C56H36N4S. The van der Waals surface area contributed by atoms with Gasteiger partial charge in [-0.05, 0) is 70.8 Å². The fourth-order valence-electron chi connectivity index (χ4n) is 7.99. The van der Waals surface area contributed by atoms with Crippen LogP contribution in [0.3, 0.4) is 0 Å². The van der Waals surface area contributed by atoms with Gasteiger partial charge in [0.2, 0.25) is 0 Å². The number of aromatic nitrogens is 4. The molecule has 0 aliphatic heterocycles. The Morgan fingerprint density at radius 1 is 0.230 bits per heavy atom. The van der Waals surface area contributed by atoms with Crippen molar-refractivity contribution < 1.29 is 0 Å². The Bertz CT molecular complexity index is 3010. The third kappa shape index (κ3) is 7.28. The van der Waals surface area contributed by atoms with Crippen LogP contribution in [0.4, 0.5) is 0 Å². The molecule has 0 saturated heterocycles. The smallest absolute Gasteiger partial charge is 0.160 e. The minimum atomic E-state index is 0.699. The van der Waals surface area contributed by atoms with E-state index >= 15 is 0 Å². The summed E-state index contributed by atoms with van der Waals surface area (Å²) < 4.78 is 2.51. The monoisotopic (exact) mass is 796 g/mol. The van der Waals surface area contributed by atoms with Crippen LogP contribution in [0.5, 0.6) is 0 Å². The van der Waals surface area contributed by atoms with Gasteiger partial charge in [-0.1, -0.05) is 170 Å². The first kappa shape index (κ1) is 36.2. The number of fused-ring (bicyclic) bond motifs is 3. The van der Waals surface area contributed by atoms with Crippen LogP contribution >= 0.6 is 11.3 Å². The highest BCUT2D eigenvalue weighted by molar-refractivity contribution is 7.25. The maximum atomic E-state index is 5.10. The van der Waals surface area contributed by atoms with Crippen molar-refractivity contribution in [1.82, 2.24) is 19.9 Å². The molecule has 11 rings (SSSR count). The highest BCUT2D eigenvalue weighted by Crippen LogP contribution is 2.40. The van der Waals surface area contributed by atoms with Crippen LogP contribution in [0.1, 0.15) is 0 Å². The largest absolute Gasteiger partial charge is 0.228 e.